The molecule has 4 nitrogen and oxygen atoms in total. The molecule has 0 aromatic heterocycles. The van der Waals surface area contributed by atoms with Crippen LogP contribution < -0.4 is 10.6 Å². The standard InChI is InChI=1S/C15H19ClN2O2/c1-10-5-7-12(8-6-10)17-14(19)15(20)18-13-4-2-3-11(16)9-13/h2-4,9-10,12H,5-8H2,1H3,(H,17,19)(H,18,20). The third-order valence-electron chi connectivity index (χ3n) is 3.64. The lowest BCUT2D eigenvalue weighted by molar-refractivity contribution is -0.136. The van der Waals surface area contributed by atoms with E-state index in [1.165, 1.54) is 0 Å². The van der Waals surface area contributed by atoms with Gasteiger partial charge in [0.25, 0.3) is 0 Å². The second-order valence-electron chi connectivity index (χ2n) is 5.39. The first-order valence-electron chi connectivity index (χ1n) is 6.92. The van der Waals surface area contributed by atoms with Gasteiger partial charge in [-0.2, -0.15) is 0 Å². The van der Waals surface area contributed by atoms with E-state index in [2.05, 4.69) is 17.6 Å². The quantitative estimate of drug-likeness (QED) is 0.824. The topological polar surface area (TPSA) is 58.2 Å². The number of hydrogen-bond acceptors (Lipinski definition) is 2. The van der Waals surface area contributed by atoms with Gasteiger partial charge in [-0.1, -0.05) is 24.6 Å². The van der Waals surface area contributed by atoms with Crippen molar-refractivity contribution in [1.29, 1.82) is 0 Å². The lowest BCUT2D eigenvalue weighted by atomic mass is 9.87. The van der Waals surface area contributed by atoms with Gasteiger partial charge in [0.2, 0.25) is 0 Å². The van der Waals surface area contributed by atoms with Crippen molar-refractivity contribution in [2.45, 2.75) is 38.6 Å². The SMILES string of the molecule is CC1CCC(NC(=O)C(=O)Nc2cccc(Cl)c2)CC1. The minimum atomic E-state index is -0.647. The Labute approximate surface area is 123 Å². The Morgan fingerprint density at radius 3 is 2.50 bits per heavy atom. The highest BCUT2D eigenvalue weighted by Crippen LogP contribution is 2.23. The van der Waals surface area contributed by atoms with Gasteiger partial charge in [0.05, 0.1) is 0 Å². The van der Waals surface area contributed by atoms with Crippen LogP contribution in [0.1, 0.15) is 32.6 Å². The van der Waals surface area contributed by atoms with E-state index < -0.39 is 11.8 Å². The Morgan fingerprint density at radius 2 is 1.85 bits per heavy atom. The van der Waals surface area contributed by atoms with E-state index in [1.54, 1.807) is 24.3 Å². The number of nitrogens with one attached hydrogen (secondary N) is 2. The molecule has 2 N–H and O–H groups in total. The maximum absolute atomic E-state index is 11.8. The molecule has 108 valence electrons. The zero-order valence-electron chi connectivity index (χ0n) is 11.5. The van der Waals surface area contributed by atoms with Gasteiger partial charge < -0.3 is 10.6 Å². The fourth-order valence-electron chi connectivity index (χ4n) is 2.41. The minimum absolute atomic E-state index is 0.115. The van der Waals surface area contributed by atoms with E-state index in [4.69, 9.17) is 11.6 Å². The molecule has 1 aromatic rings. The van der Waals surface area contributed by atoms with Crippen molar-refractivity contribution < 1.29 is 9.59 Å². The third-order valence-corrected chi connectivity index (χ3v) is 3.87. The molecule has 0 saturated heterocycles. The predicted molar refractivity (Wildman–Crippen MR) is 79.6 cm³/mol. The van der Waals surface area contributed by atoms with Gasteiger partial charge in [-0.15, -0.1) is 0 Å². The molecule has 20 heavy (non-hydrogen) atoms. The van der Waals surface area contributed by atoms with Crippen LogP contribution in [0.5, 0.6) is 0 Å². The van der Waals surface area contributed by atoms with Gasteiger partial charge in [-0.05, 0) is 49.8 Å². The second kappa shape index (κ2) is 6.75. The number of benzene rings is 1. The van der Waals surface area contributed by atoms with E-state index in [9.17, 15) is 9.59 Å². The lowest BCUT2D eigenvalue weighted by Gasteiger charge is -2.26. The maximum atomic E-state index is 11.8. The number of rotatable bonds is 2. The van der Waals surface area contributed by atoms with Crippen LogP contribution in [-0.4, -0.2) is 17.9 Å². The summed E-state index contributed by atoms with van der Waals surface area (Å²) >= 11 is 5.83. The number of carbonyl (C=O) groups excluding carboxylic acids is 2. The Bertz CT molecular complexity index is 496. The fourth-order valence-corrected chi connectivity index (χ4v) is 2.60. The van der Waals surface area contributed by atoms with Crippen molar-refractivity contribution >= 4 is 29.1 Å². The molecule has 0 bridgehead atoms. The first-order valence-corrected chi connectivity index (χ1v) is 7.30. The maximum Gasteiger partial charge on any atom is 0.313 e. The van der Waals surface area contributed by atoms with Crippen LogP contribution in [0.4, 0.5) is 5.69 Å². The van der Waals surface area contributed by atoms with Gasteiger partial charge in [0.15, 0.2) is 0 Å². The first-order chi connectivity index (χ1) is 9.54. The molecule has 1 aliphatic carbocycles. The normalized spacial score (nSPS) is 22.1. The zero-order chi connectivity index (χ0) is 14.5. The van der Waals surface area contributed by atoms with Crippen LogP contribution in [0.25, 0.3) is 0 Å². The van der Waals surface area contributed by atoms with Crippen molar-refractivity contribution in [2.75, 3.05) is 5.32 Å². The molecule has 1 aliphatic rings. The molecular formula is C15H19ClN2O2. The molecule has 1 fully saturated rings. The summed E-state index contributed by atoms with van der Waals surface area (Å²) < 4.78 is 0. The summed E-state index contributed by atoms with van der Waals surface area (Å²) in [5.41, 5.74) is 0.523. The van der Waals surface area contributed by atoms with Crippen molar-refractivity contribution in [3.8, 4) is 0 Å². The highest BCUT2D eigenvalue weighted by molar-refractivity contribution is 6.40. The fraction of sp³-hybridized carbons (Fsp3) is 0.467. The van der Waals surface area contributed by atoms with Crippen LogP contribution >= 0.6 is 11.6 Å². The monoisotopic (exact) mass is 294 g/mol. The van der Waals surface area contributed by atoms with Crippen LogP contribution in [-0.2, 0) is 9.59 Å². The summed E-state index contributed by atoms with van der Waals surface area (Å²) in [6.07, 6.45) is 4.08. The number of amides is 2. The van der Waals surface area contributed by atoms with E-state index in [0.29, 0.717) is 16.6 Å². The van der Waals surface area contributed by atoms with Gasteiger partial charge in [-0.25, -0.2) is 0 Å². The molecule has 2 rings (SSSR count). The average Bonchev–Trinajstić information content (AvgIpc) is 2.41. The molecule has 0 atom stereocenters. The number of hydrogen-bond donors (Lipinski definition) is 2. The van der Waals surface area contributed by atoms with Gasteiger partial charge >= 0.3 is 11.8 Å². The summed E-state index contributed by atoms with van der Waals surface area (Å²) in [5.74, 6) is -0.515. The van der Waals surface area contributed by atoms with E-state index in [-0.39, 0.29) is 6.04 Å². The summed E-state index contributed by atoms with van der Waals surface area (Å²) in [6.45, 7) is 2.21. The number of halogens is 1. The number of anilines is 1. The smallest absolute Gasteiger partial charge is 0.313 e. The van der Waals surface area contributed by atoms with Crippen LogP contribution in [0.15, 0.2) is 24.3 Å². The minimum Gasteiger partial charge on any atom is -0.345 e. The summed E-state index contributed by atoms with van der Waals surface area (Å²) in [7, 11) is 0. The lowest BCUT2D eigenvalue weighted by Crippen LogP contribution is -2.43. The summed E-state index contributed by atoms with van der Waals surface area (Å²) in [4.78, 5) is 23.6. The Hall–Kier alpha value is -1.55. The average molecular weight is 295 g/mol. The molecule has 0 unspecified atom stereocenters. The highest BCUT2D eigenvalue weighted by Gasteiger charge is 2.22. The Balaban J connectivity index is 1.84. The summed E-state index contributed by atoms with van der Waals surface area (Å²) in [6, 6.07) is 6.84. The molecule has 5 heteroatoms. The van der Waals surface area contributed by atoms with Crippen molar-refractivity contribution in [3.05, 3.63) is 29.3 Å². The Kier molecular flexibility index (Phi) is 5.01. The van der Waals surface area contributed by atoms with Crippen molar-refractivity contribution in [2.24, 2.45) is 5.92 Å². The molecule has 0 radical (unpaired) electrons. The van der Waals surface area contributed by atoms with Gasteiger partial charge in [0, 0.05) is 16.8 Å². The van der Waals surface area contributed by atoms with E-state index in [1.807, 2.05) is 0 Å². The molecule has 2 amide bonds. The van der Waals surface area contributed by atoms with E-state index >= 15 is 0 Å². The third kappa shape index (κ3) is 4.23. The van der Waals surface area contributed by atoms with Crippen LogP contribution in [0, 0.1) is 5.92 Å². The van der Waals surface area contributed by atoms with Crippen LogP contribution in [0.2, 0.25) is 5.02 Å². The van der Waals surface area contributed by atoms with Gasteiger partial charge in [0.1, 0.15) is 0 Å². The zero-order valence-corrected chi connectivity index (χ0v) is 12.2. The molecular weight excluding hydrogens is 276 g/mol. The molecule has 0 spiro atoms. The van der Waals surface area contributed by atoms with Crippen molar-refractivity contribution in [3.63, 3.8) is 0 Å². The predicted octanol–water partition coefficient (Wildman–Crippen LogP) is 2.97. The molecule has 0 heterocycles. The first kappa shape index (κ1) is 14.9. The van der Waals surface area contributed by atoms with Crippen molar-refractivity contribution in [1.82, 2.24) is 5.32 Å². The summed E-state index contributed by atoms with van der Waals surface area (Å²) in [5, 5.41) is 5.85. The van der Waals surface area contributed by atoms with Crippen LogP contribution in [0.3, 0.4) is 0 Å². The number of carbonyl (C=O) groups is 2. The molecule has 1 saturated carbocycles. The highest BCUT2D eigenvalue weighted by atomic mass is 35.5. The largest absolute Gasteiger partial charge is 0.345 e. The molecule has 1 aromatic carbocycles. The Morgan fingerprint density at radius 1 is 1.15 bits per heavy atom. The second-order valence-corrected chi connectivity index (χ2v) is 5.83. The molecule has 0 aliphatic heterocycles. The van der Waals surface area contributed by atoms with E-state index in [0.717, 1.165) is 25.7 Å². The van der Waals surface area contributed by atoms with Gasteiger partial charge in [-0.3, -0.25) is 9.59 Å².